The highest BCUT2D eigenvalue weighted by Gasteiger charge is 2.59. The van der Waals surface area contributed by atoms with Crippen LogP contribution in [0.15, 0.2) is 6.20 Å². The molecule has 4 rings (SSSR count). The molecule has 0 radical (unpaired) electrons. The SMILES string of the molecule is C[C@@H]1C[C@@H]2CC(Cn3cc(C(F)(F)F)nn3)(C1)N2C(=O)OC(C)(C)C. The highest BCUT2D eigenvalue weighted by atomic mass is 19.4. The summed E-state index contributed by atoms with van der Waals surface area (Å²) in [6, 6.07) is 0.0733. The number of piperidine rings is 1. The topological polar surface area (TPSA) is 60.2 Å². The number of carbonyl (C=O) groups excluding carboxylic acids is 1. The summed E-state index contributed by atoms with van der Waals surface area (Å²) >= 11 is 0. The summed E-state index contributed by atoms with van der Waals surface area (Å²) in [6.07, 6.45) is -1.70. The van der Waals surface area contributed by atoms with E-state index in [0.717, 1.165) is 19.0 Å². The lowest BCUT2D eigenvalue weighted by Crippen LogP contribution is -2.73. The van der Waals surface area contributed by atoms with Crippen LogP contribution in [-0.4, -0.2) is 43.2 Å². The molecule has 6 nitrogen and oxygen atoms in total. The molecule has 0 N–H and O–H groups in total. The third kappa shape index (κ3) is 3.46. The fourth-order valence-corrected chi connectivity index (χ4v) is 4.14. The molecule has 0 spiro atoms. The highest BCUT2D eigenvalue weighted by molar-refractivity contribution is 5.71. The quantitative estimate of drug-likeness (QED) is 0.810. The van der Waals surface area contributed by atoms with Crippen LogP contribution in [0.4, 0.5) is 18.0 Å². The minimum atomic E-state index is -4.53. The van der Waals surface area contributed by atoms with Gasteiger partial charge in [-0.1, -0.05) is 12.1 Å². The van der Waals surface area contributed by atoms with Crippen LogP contribution in [0.2, 0.25) is 0 Å². The van der Waals surface area contributed by atoms with Crippen molar-refractivity contribution in [2.24, 2.45) is 5.92 Å². The Kier molecular flexibility index (Phi) is 4.04. The van der Waals surface area contributed by atoms with Crippen LogP contribution >= 0.6 is 0 Å². The maximum absolute atomic E-state index is 12.7. The Morgan fingerprint density at radius 3 is 2.60 bits per heavy atom. The smallest absolute Gasteiger partial charge is 0.436 e. The van der Waals surface area contributed by atoms with E-state index in [1.807, 2.05) is 0 Å². The van der Waals surface area contributed by atoms with E-state index in [4.69, 9.17) is 4.74 Å². The summed E-state index contributed by atoms with van der Waals surface area (Å²) in [6.45, 7) is 7.67. The van der Waals surface area contributed by atoms with Crippen molar-refractivity contribution in [1.29, 1.82) is 0 Å². The Bertz CT molecular complexity index is 667. The number of carbonyl (C=O) groups is 1. The van der Waals surface area contributed by atoms with Crippen LogP contribution in [-0.2, 0) is 17.5 Å². The second-order valence-corrected chi connectivity index (χ2v) is 8.28. The monoisotopic (exact) mass is 360 g/mol. The summed E-state index contributed by atoms with van der Waals surface area (Å²) in [7, 11) is 0. The fourth-order valence-electron chi connectivity index (χ4n) is 4.14. The lowest BCUT2D eigenvalue weighted by Gasteiger charge is -2.63. The maximum atomic E-state index is 12.7. The molecule has 3 atom stereocenters. The van der Waals surface area contributed by atoms with Crippen LogP contribution in [0.3, 0.4) is 0 Å². The first-order valence-corrected chi connectivity index (χ1v) is 8.39. The summed E-state index contributed by atoms with van der Waals surface area (Å²) in [5.41, 5.74) is -2.20. The molecule has 1 aromatic heterocycles. The molecule has 25 heavy (non-hydrogen) atoms. The minimum Gasteiger partial charge on any atom is -0.444 e. The van der Waals surface area contributed by atoms with Gasteiger partial charge >= 0.3 is 12.3 Å². The third-order valence-corrected chi connectivity index (χ3v) is 4.77. The number of halogens is 3. The Labute approximate surface area is 144 Å². The van der Waals surface area contributed by atoms with Gasteiger partial charge in [-0.2, -0.15) is 13.2 Å². The van der Waals surface area contributed by atoms with Crippen molar-refractivity contribution < 1.29 is 22.7 Å². The molecule has 2 bridgehead atoms. The molecule has 1 aromatic rings. The molecule has 2 saturated heterocycles. The van der Waals surface area contributed by atoms with Gasteiger partial charge < -0.3 is 4.74 Å². The van der Waals surface area contributed by atoms with Crippen molar-refractivity contribution in [2.75, 3.05) is 0 Å². The van der Waals surface area contributed by atoms with E-state index in [1.54, 1.807) is 25.7 Å². The summed E-state index contributed by atoms with van der Waals surface area (Å²) in [5.74, 6) is 0.392. The van der Waals surface area contributed by atoms with Gasteiger partial charge in [-0.3, -0.25) is 4.90 Å². The Morgan fingerprint density at radius 2 is 2.04 bits per heavy atom. The molecular formula is C16H23F3N4O2. The number of aromatic nitrogens is 3. The molecular weight excluding hydrogens is 337 g/mol. The van der Waals surface area contributed by atoms with Crippen LogP contribution in [0, 0.1) is 5.92 Å². The highest BCUT2D eigenvalue weighted by Crippen LogP contribution is 2.51. The number of fused-ring (bicyclic) bond motifs is 2. The van der Waals surface area contributed by atoms with E-state index in [1.165, 1.54) is 4.68 Å². The van der Waals surface area contributed by atoms with Crippen molar-refractivity contribution in [2.45, 2.75) is 76.9 Å². The first kappa shape index (κ1) is 18.0. The lowest BCUT2D eigenvalue weighted by molar-refractivity contribution is -0.141. The normalized spacial score (nSPS) is 29.3. The molecule has 2 aliphatic heterocycles. The van der Waals surface area contributed by atoms with Crippen molar-refractivity contribution in [1.82, 2.24) is 19.9 Å². The molecule has 3 aliphatic rings. The predicted octanol–water partition coefficient (Wildman–Crippen LogP) is 3.48. The first-order chi connectivity index (χ1) is 11.4. The third-order valence-electron chi connectivity index (χ3n) is 4.77. The Morgan fingerprint density at radius 1 is 1.36 bits per heavy atom. The Hall–Kier alpha value is -1.80. The number of ether oxygens (including phenoxy) is 1. The van der Waals surface area contributed by atoms with Crippen LogP contribution < -0.4 is 0 Å². The van der Waals surface area contributed by atoms with Gasteiger partial charge in [-0.25, -0.2) is 9.48 Å². The van der Waals surface area contributed by atoms with E-state index >= 15 is 0 Å². The van der Waals surface area contributed by atoms with Crippen LogP contribution in [0.1, 0.15) is 52.7 Å². The van der Waals surface area contributed by atoms with Crippen molar-refractivity contribution >= 4 is 6.09 Å². The lowest BCUT2D eigenvalue weighted by atomic mass is 9.64. The van der Waals surface area contributed by atoms with Gasteiger partial charge in [-0.05, 0) is 46.0 Å². The van der Waals surface area contributed by atoms with Crippen molar-refractivity contribution in [3.63, 3.8) is 0 Å². The van der Waals surface area contributed by atoms with Gasteiger partial charge in [0.15, 0.2) is 5.69 Å². The average molecular weight is 360 g/mol. The van der Waals surface area contributed by atoms with E-state index < -0.39 is 29.1 Å². The summed E-state index contributed by atoms with van der Waals surface area (Å²) < 4.78 is 44.9. The molecule has 0 aromatic carbocycles. The number of nitrogens with zero attached hydrogens (tertiary/aromatic N) is 4. The van der Waals surface area contributed by atoms with Gasteiger partial charge in [0.1, 0.15) is 5.60 Å². The molecule has 1 unspecified atom stereocenters. The second-order valence-electron chi connectivity index (χ2n) is 8.28. The molecule has 1 saturated carbocycles. The van der Waals surface area contributed by atoms with Crippen molar-refractivity contribution in [3.05, 3.63) is 11.9 Å². The minimum absolute atomic E-state index is 0.0733. The number of rotatable bonds is 2. The van der Waals surface area contributed by atoms with E-state index in [2.05, 4.69) is 17.2 Å². The molecule has 3 heterocycles. The number of hydrogen-bond acceptors (Lipinski definition) is 4. The average Bonchev–Trinajstić information content (AvgIpc) is 2.83. The predicted molar refractivity (Wildman–Crippen MR) is 82.6 cm³/mol. The largest absolute Gasteiger partial charge is 0.444 e. The number of alkyl halides is 3. The molecule has 140 valence electrons. The molecule has 1 amide bonds. The fraction of sp³-hybridized carbons (Fsp3) is 0.812. The summed E-state index contributed by atoms with van der Waals surface area (Å²) in [4.78, 5) is 14.3. The van der Waals surface area contributed by atoms with Gasteiger partial charge in [-0.15, -0.1) is 5.10 Å². The number of amides is 1. The van der Waals surface area contributed by atoms with Gasteiger partial charge in [0, 0.05) is 6.04 Å². The standard InChI is InChI=1S/C16H23F3N4O2/c1-10-5-11-7-15(6-10,23(11)13(24)25-14(2,3)4)9-22-8-12(20-21-22)16(17,18)19/h8,10-11H,5-7,9H2,1-4H3/t10-,11-,15?/m1/s1. The maximum Gasteiger partial charge on any atom is 0.436 e. The van der Waals surface area contributed by atoms with E-state index in [0.29, 0.717) is 12.3 Å². The van der Waals surface area contributed by atoms with E-state index in [-0.39, 0.29) is 12.6 Å². The second kappa shape index (κ2) is 5.60. The zero-order valence-electron chi connectivity index (χ0n) is 14.8. The van der Waals surface area contributed by atoms with Gasteiger partial charge in [0.05, 0.1) is 18.3 Å². The zero-order valence-corrected chi connectivity index (χ0v) is 14.8. The van der Waals surface area contributed by atoms with Crippen LogP contribution in [0.5, 0.6) is 0 Å². The number of hydrogen-bond donors (Lipinski definition) is 0. The van der Waals surface area contributed by atoms with Crippen LogP contribution in [0.25, 0.3) is 0 Å². The molecule has 1 aliphatic carbocycles. The summed E-state index contributed by atoms with van der Waals surface area (Å²) in [5, 5.41) is 6.81. The van der Waals surface area contributed by atoms with Crippen molar-refractivity contribution in [3.8, 4) is 0 Å². The van der Waals surface area contributed by atoms with E-state index in [9.17, 15) is 18.0 Å². The van der Waals surface area contributed by atoms with Gasteiger partial charge in [0.2, 0.25) is 0 Å². The zero-order chi connectivity index (χ0) is 18.6. The Balaban J connectivity index is 1.81. The first-order valence-electron chi connectivity index (χ1n) is 8.39. The molecule has 9 heteroatoms. The molecule has 3 fully saturated rings. The van der Waals surface area contributed by atoms with Gasteiger partial charge in [0.25, 0.3) is 0 Å².